The Morgan fingerprint density at radius 1 is 1.36 bits per heavy atom. The molecule has 2 unspecified atom stereocenters. The van der Waals surface area contributed by atoms with Gasteiger partial charge in [0.05, 0.1) is 4.34 Å². The zero-order chi connectivity index (χ0) is 10.6. The Kier molecular flexibility index (Phi) is 4.93. The summed E-state index contributed by atoms with van der Waals surface area (Å²) >= 11 is 7.50. The van der Waals surface area contributed by atoms with Crippen molar-refractivity contribution in [3.63, 3.8) is 0 Å². The second-order valence-electron chi connectivity index (χ2n) is 3.88. The molecule has 0 aliphatic heterocycles. The van der Waals surface area contributed by atoms with Gasteiger partial charge in [-0.15, -0.1) is 11.3 Å². The summed E-state index contributed by atoms with van der Waals surface area (Å²) < 4.78 is 0.864. The van der Waals surface area contributed by atoms with Gasteiger partial charge in [-0.3, -0.25) is 0 Å². The van der Waals surface area contributed by atoms with Crippen LogP contribution in [0.4, 0.5) is 0 Å². The van der Waals surface area contributed by atoms with E-state index in [2.05, 4.69) is 19.9 Å². The molecule has 0 aliphatic carbocycles. The molecule has 0 bridgehead atoms. The molecule has 0 amide bonds. The molecule has 0 fully saturated rings. The molecule has 14 heavy (non-hydrogen) atoms. The third kappa shape index (κ3) is 3.60. The average Bonchev–Trinajstić information content (AvgIpc) is 2.59. The first-order chi connectivity index (χ1) is 6.63. The summed E-state index contributed by atoms with van der Waals surface area (Å²) in [4.78, 5) is 1.34. The number of rotatable bonds is 5. The third-order valence-corrected chi connectivity index (χ3v) is 4.03. The number of halogens is 1. The molecule has 1 nitrogen and oxygen atoms in total. The van der Waals surface area contributed by atoms with E-state index in [1.165, 1.54) is 4.88 Å². The second kappa shape index (κ2) is 5.74. The van der Waals surface area contributed by atoms with Crippen molar-refractivity contribution >= 4 is 22.9 Å². The third-order valence-electron chi connectivity index (χ3n) is 2.73. The number of aliphatic hydroxyl groups is 1. The lowest BCUT2D eigenvalue weighted by molar-refractivity contribution is 0.191. The van der Waals surface area contributed by atoms with Crippen molar-refractivity contribution in [2.45, 2.75) is 26.7 Å². The fourth-order valence-corrected chi connectivity index (χ4v) is 2.42. The van der Waals surface area contributed by atoms with E-state index in [0.29, 0.717) is 11.8 Å². The first kappa shape index (κ1) is 12.0. The first-order valence-electron chi connectivity index (χ1n) is 4.98. The summed E-state index contributed by atoms with van der Waals surface area (Å²) in [6.45, 7) is 4.56. The van der Waals surface area contributed by atoms with Gasteiger partial charge in [-0.1, -0.05) is 25.4 Å². The second-order valence-corrected chi connectivity index (χ2v) is 5.68. The first-order valence-corrected chi connectivity index (χ1v) is 6.18. The van der Waals surface area contributed by atoms with E-state index in [0.717, 1.165) is 17.2 Å². The number of aryl methyl sites for hydroxylation is 1. The molecule has 3 heteroatoms. The van der Waals surface area contributed by atoms with Crippen LogP contribution in [0.2, 0.25) is 4.34 Å². The Morgan fingerprint density at radius 2 is 2.07 bits per heavy atom. The lowest BCUT2D eigenvalue weighted by atomic mass is 9.92. The van der Waals surface area contributed by atoms with Crippen LogP contribution in [-0.4, -0.2) is 11.7 Å². The normalized spacial score (nSPS) is 15.4. The smallest absolute Gasteiger partial charge is 0.0931 e. The Bertz CT molecular complexity index is 272. The van der Waals surface area contributed by atoms with Crippen LogP contribution in [0.1, 0.15) is 25.1 Å². The largest absolute Gasteiger partial charge is 0.396 e. The maximum atomic E-state index is 8.99. The van der Waals surface area contributed by atoms with E-state index in [4.69, 9.17) is 16.7 Å². The zero-order valence-electron chi connectivity index (χ0n) is 8.66. The average molecular weight is 233 g/mol. The molecule has 80 valence electrons. The van der Waals surface area contributed by atoms with Crippen molar-refractivity contribution < 1.29 is 5.11 Å². The number of hydrogen-bond acceptors (Lipinski definition) is 2. The topological polar surface area (TPSA) is 20.2 Å². The van der Waals surface area contributed by atoms with Crippen molar-refractivity contribution in [2.24, 2.45) is 11.8 Å². The number of thiophene rings is 1. The standard InChI is InChI=1S/C11H17ClOS/c1-8(9(2)7-13)3-4-10-5-6-11(12)14-10/h5-6,8-9,13H,3-4,7H2,1-2H3. The summed E-state index contributed by atoms with van der Waals surface area (Å²) in [5.41, 5.74) is 0. The van der Waals surface area contributed by atoms with Crippen LogP contribution in [0.25, 0.3) is 0 Å². The van der Waals surface area contributed by atoms with Crippen molar-refractivity contribution in [1.82, 2.24) is 0 Å². The van der Waals surface area contributed by atoms with Gasteiger partial charge in [-0.05, 0) is 36.8 Å². The van der Waals surface area contributed by atoms with Crippen LogP contribution in [0.5, 0.6) is 0 Å². The van der Waals surface area contributed by atoms with E-state index < -0.39 is 0 Å². The predicted octanol–water partition coefficient (Wildman–Crippen LogP) is 3.60. The van der Waals surface area contributed by atoms with Gasteiger partial charge in [0.15, 0.2) is 0 Å². The molecule has 0 spiro atoms. The van der Waals surface area contributed by atoms with Crippen LogP contribution in [0, 0.1) is 11.8 Å². The number of hydrogen-bond donors (Lipinski definition) is 1. The van der Waals surface area contributed by atoms with E-state index in [1.807, 2.05) is 6.07 Å². The molecule has 1 aromatic rings. The molecule has 0 aromatic carbocycles. The molecule has 2 atom stereocenters. The Balaban J connectivity index is 2.33. The van der Waals surface area contributed by atoms with Gasteiger partial charge >= 0.3 is 0 Å². The zero-order valence-corrected chi connectivity index (χ0v) is 10.2. The van der Waals surface area contributed by atoms with Crippen molar-refractivity contribution in [2.75, 3.05) is 6.61 Å². The van der Waals surface area contributed by atoms with Crippen LogP contribution < -0.4 is 0 Å². The highest BCUT2D eigenvalue weighted by atomic mass is 35.5. The van der Waals surface area contributed by atoms with E-state index in [9.17, 15) is 0 Å². The molecule has 1 heterocycles. The van der Waals surface area contributed by atoms with Crippen LogP contribution in [-0.2, 0) is 6.42 Å². The number of aliphatic hydroxyl groups excluding tert-OH is 1. The van der Waals surface area contributed by atoms with Crippen LogP contribution in [0.3, 0.4) is 0 Å². The molecule has 0 saturated carbocycles. The van der Waals surface area contributed by atoms with E-state index in [-0.39, 0.29) is 6.61 Å². The highest BCUT2D eigenvalue weighted by molar-refractivity contribution is 7.16. The lowest BCUT2D eigenvalue weighted by Crippen LogP contribution is -2.12. The van der Waals surface area contributed by atoms with Crippen molar-refractivity contribution in [3.8, 4) is 0 Å². The molecule has 0 saturated heterocycles. The minimum absolute atomic E-state index is 0.284. The molecule has 1 rings (SSSR count). The minimum atomic E-state index is 0.284. The Hall–Kier alpha value is -0.0500. The lowest BCUT2D eigenvalue weighted by Gasteiger charge is -2.16. The Morgan fingerprint density at radius 3 is 2.57 bits per heavy atom. The summed E-state index contributed by atoms with van der Waals surface area (Å²) in [6.07, 6.45) is 2.20. The minimum Gasteiger partial charge on any atom is -0.396 e. The van der Waals surface area contributed by atoms with Crippen molar-refractivity contribution in [1.29, 1.82) is 0 Å². The van der Waals surface area contributed by atoms with Gasteiger partial charge in [0.1, 0.15) is 0 Å². The Labute approximate surface area is 94.7 Å². The summed E-state index contributed by atoms with van der Waals surface area (Å²) in [5, 5.41) is 8.99. The predicted molar refractivity (Wildman–Crippen MR) is 63.1 cm³/mol. The quantitative estimate of drug-likeness (QED) is 0.823. The molecule has 0 aliphatic rings. The van der Waals surface area contributed by atoms with Crippen LogP contribution in [0.15, 0.2) is 12.1 Å². The van der Waals surface area contributed by atoms with Gasteiger partial charge in [0, 0.05) is 11.5 Å². The summed E-state index contributed by atoms with van der Waals surface area (Å²) in [7, 11) is 0. The van der Waals surface area contributed by atoms with Gasteiger partial charge < -0.3 is 5.11 Å². The summed E-state index contributed by atoms with van der Waals surface area (Å²) in [6, 6.07) is 4.03. The fourth-order valence-electron chi connectivity index (χ4n) is 1.32. The van der Waals surface area contributed by atoms with E-state index >= 15 is 0 Å². The SMILES string of the molecule is CC(CO)C(C)CCc1ccc(Cl)s1. The molecule has 1 aromatic heterocycles. The van der Waals surface area contributed by atoms with Crippen molar-refractivity contribution in [3.05, 3.63) is 21.3 Å². The van der Waals surface area contributed by atoms with Gasteiger partial charge in [-0.2, -0.15) is 0 Å². The highest BCUT2D eigenvalue weighted by Gasteiger charge is 2.11. The monoisotopic (exact) mass is 232 g/mol. The van der Waals surface area contributed by atoms with Gasteiger partial charge in [-0.25, -0.2) is 0 Å². The maximum Gasteiger partial charge on any atom is 0.0931 e. The summed E-state index contributed by atoms with van der Waals surface area (Å²) in [5.74, 6) is 0.964. The van der Waals surface area contributed by atoms with Gasteiger partial charge in [0.25, 0.3) is 0 Å². The highest BCUT2D eigenvalue weighted by Crippen LogP contribution is 2.25. The molecular formula is C11H17ClOS. The molecule has 0 radical (unpaired) electrons. The molecule has 1 N–H and O–H groups in total. The van der Waals surface area contributed by atoms with E-state index in [1.54, 1.807) is 11.3 Å². The fraction of sp³-hybridized carbons (Fsp3) is 0.636. The maximum absolute atomic E-state index is 8.99. The van der Waals surface area contributed by atoms with Crippen LogP contribution >= 0.6 is 22.9 Å². The molecular weight excluding hydrogens is 216 g/mol. The van der Waals surface area contributed by atoms with Gasteiger partial charge in [0.2, 0.25) is 0 Å².